The molecule has 0 radical (unpaired) electrons. The topological polar surface area (TPSA) is 134 Å². The zero-order valence-electron chi connectivity index (χ0n) is 12.8. The zero-order chi connectivity index (χ0) is 16.9. The van der Waals surface area contributed by atoms with Gasteiger partial charge in [-0.3, -0.25) is 0 Å². The summed E-state index contributed by atoms with van der Waals surface area (Å²) in [4.78, 5) is 17.6. The van der Waals surface area contributed by atoms with Crippen LogP contribution in [0.4, 0.5) is 4.79 Å². The number of aromatic nitrogens is 4. The Bertz CT molecular complexity index is 927. The summed E-state index contributed by atoms with van der Waals surface area (Å²) in [5.74, 6) is 0. The summed E-state index contributed by atoms with van der Waals surface area (Å²) in [6.07, 6.45) is 4.94. The van der Waals surface area contributed by atoms with E-state index in [9.17, 15) is 17.8 Å². The maximum Gasteiger partial charge on any atom is 1.00 e. The Hall–Kier alpha value is -1.35. The molecule has 1 atom stereocenters. The van der Waals surface area contributed by atoms with E-state index >= 15 is 0 Å². The maximum absolute atomic E-state index is 12.1. The number of urea groups is 1. The van der Waals surface area contributed by atoms with E-state index in [0.717, 1.165) is 0 Å². The van der Waals surface area contributed by atoms with E-state index in [2.05, 4.69) is 19.6 Å². The summed E-state index contributed by atoms with van der Waals surface area (Å²) in [6.45, 7) is 0.417. The molecule has 25 heavy (non-hydrogen) atoms. The van der Waals surface area contributed by atoms with Crippen molar-refractivity contribution in [1.29, 1.82) is 0 Å². The van der Waals surface area contributed by atoms with E-state index in [4.69, 9.17) is 0 Å². The maximum atomic E-state index is 12.1. The van der Waals surface area contributed by atoms with E-state index in [-0.39, 0.29) is 42.6 Å². The summed E-state index contributed by atoms with van der Waals surface area (Å²) < 4.78 is 38.0. The van der Waals surface area contributed by atoms with E-state index < -0.39 is 22.5 Å². The van der Waals surface area contributed by atoms with Gasteiger partial charge in [-0.1, -0.05) is 5.21 Å². The fourth-order valence-corrected chi connectivity index (χ4v) is 3.53. The fourth-order valence-electron chi connectivity index (χ4n) is 2.57. The number of hydrogen-bond donors (Lipinski definition) is 0. The van der Waals surface area contributed by atoms with Gasteiger partial charge in [0, 0.05) is 18.1 Å². The summed E-state index contributed by atoms with van der Waals surface area (Å²) in [6, 6.07) is -1.39. The second-order valence-electron chi connectivity index (χ2n) is 5.08. The summed E-state index contributed by atoms with van der Waals surface area (Å²) in [5.41, 5.74) is 1.20. The van der Waals surface area contributed by atoms with E-state index in [1.54, 1.807) is 18.5 Å². The standard InChI is InChI=1S/C11H10N6O5S2.Na/c18-11-15-4-7(3-8(5-15)17(11)22-24(19,20)21)16-6-9(13-14-16)10-12-1-2-23-10;/h1-3,6,8H,4-5H2,(H,19,20,21);/q;+1/p-1. The van der Waals surface area contributed by atoms with Crippen molar-refractivity contribution in [3.05, 3.63) is 23.8 Å². The number of amides is 2. The average molecular weight is 392 g/mol. The van der Waals surface area contributed by atoms with Crippen molar-refractivity contribution in [2.75, 3.05) is 13.1 Å². The van der Waals surface area contributed by atoms with Crippen LogP contribution < -0.4 is 29.6 Å². The molecule has 2 aliphatic rings. The van der Waals surface area contributed by atoms with E-state index in [0.29, 0.717) is 21.5 Å². The number of fused-ring (bicyclic) bond motifs is 2. The van der Waals surface area contributed by atoms with Crippen molar-refractivity contribution in [3.8, 4) is 10.7 Å². The summed E-state index contributed by atoms with van der Waals surface area (Å²) in [5, 5.41) is 11.1. The molecular weight excluding hydrogens is 383 g/mol. The molecule has 4 rings (SSSR count). The van der Waals surface area contributed by atoms with Gasteiger partial charge in [0.2, 0.25) is 10.4 Å². The van der Waals surface area contributed by atoms with Crippen LogP contribution >= 0.6 is 11.3 Å². The number of carbonyl (C=O) groups excluding carboxylic acids is 1. The largest absolute Gasteiger partial charge is 1.00 e. The smallest absolute Gasteiger partial charge is 0.724 e. The number of hydrogen-bond acceptors (Lipinski definition) is 9. The molecule has 0 spiro atoms. The third kappa shape index (κ3) is 3.62. The molecule has 0 aliphatic carbocycles. The number of carbonyl (C=O) groups is 1. The molecule has 0 saturated carbocycles. The molecule has 14 heteroatoms. The zero-order valence-corrected chi connectivity index (χ0v) is 16.5. The SMILES string of the molecule is O=C1N2CC(n3cc(-c4nccs4)nn3)=CC(C2)N1OS(=O)(=O)[O-].[Na+]. The molecule has 4 heterocycles. The van der Waals surface area contributed by atoms with Crippen molar-refractivity contribution in [2.45, 2.75) is 6.04 Å². The monoisotopic (exact) mass is 392 g/mol. The number of rotatable bonds is 4. The van der Waals surface area contributed by atoms with Crippen LogP contribution in [0.1, 0.15) is 0 Å². The van der Waals surface area contributed by atoms with Crippen LogP contribution in [0.3, 0.4) is 0 Å². The number of thiazole rings is 1. The van der Waals surface area contributed by atoms with Crippen molar-refractivity contribution in [2.24, 2.45) is 0 Å². The van der Waals surface area contributed by atoms with Gasteiger partial charge in [0.25, 0.3) is 0 Å². The molecule has 2 aromatic heterocycles. The second-order valence-corrected chi connectivity index (χ2v) is 6.94. The van der Waals surface area contributed by atoms with Gasteiger partial charge < -0.3 is 9.45 Å². The molecule has 1 saturated heterocycles. The molecule has 1 fully saturated rings. The minimum atomic E-state index is -5.03. The normalized spacial score (nSPS) is 19.8. The quantitative estimate of drug-likeness (QED) is 0.301. The molecule has 2 bridgehead atoms. The Kier molecular flexibility index (Phi) is 4.98. The Morgan fingerprint density at radius 2 is 2.20 bits per heavy atom. The molecule has 1 unspecified atom stereocenters. The van der Waals surface area contributed by atoms with Gasteiger partial charge >= 0.3 is 35.6 Å². The third-order valence-electron chi connectivity index (χ3n) is 3.52. The first-order valence-corrected chi connectivity index (χ1v) is 8.89. The van der Waals surface area contributed by atoms with Crippen LogP contribution in [0.25, 0.3) is 16.4 Å². The van der Waals surface area contributed by atoms with E-state index in [1.807, 2.05) is 5.38 Å². The van der Waals surface area contributed by atoms with Crippen LogP contribution in [0.2, 0.25) is 0 Å². The average Bonchev–Trinajstić information content (AvgIpc) is 3.23. The Labute approximate surface area is 168 Å². The van der Waals surface area contributed by atoms with Crippen molar-refractivity contribution >= 4 is 33.5 Å². The summed E-state index contributed by atoms with van der Waals surface area (Å²) >= 11 is 1.42. The van der Waals surface area contributed by atoms with E-state index in [1.165, 1.54) is 20.9 Å². The van der Waals surface area contributed by atoms with Crippen LogP contribution in [0.15, 0.2) is 23.8 Å². The molecule has 126 valence electrons. The minimum absolute atomic E-state index is 0. The third-order valence-corrected chi connectivity index (χ3v) is 4.65. The number of nitrogens with zero attached hydrogens (tertiary/aromatic N) is 6. The van der Waals surface area contributed by atoms with Crippen molar-refractivity contribution in [3.63, 3.8) is 0 Å². The Balaban J connectivity index is 0.00000182. The molecule has 0 N–H and O–H groups in total. The molecular formula is C11H9N6NaO5S2. The first-order chi connectivity index (χ1) is 11.4. The van der Waals surface area contributed by atoms with Gasteiger partial charge in [0.05, 0.1) is 18.4 Å². The van der Waals surface area contributed by atoms with Gasteiger partial charge in [0.15, 0.2) is 0 Å². The first kappa shape index (κ1) is 18.4. The minimum Gasteiger partial charge on any atom is -0.724 e. The van der Waals surface area contributed by atoms with Gasteiger partial charge in [-0.15, -0.1) is 16.4 Å². The number of hydroxylamine groups is 2. The molecule has 2 aliphatic heterocycles. The van der Waals surface area contributed by atoms with Crippen LogP contribution in [-0.4, -0.2) is 68.1 Å². The van der Waals surface area contributed by atoms with Gasteiger partial charge in [0.1, 0.15) is 16.7 Å². The molecule has 2 aromatic rings. The Morgan fingerprint density at radius 3 is 2.88 bits per heavy atom. The van der Waals surface area contributed by atoms with Gasteiger partial charge in [-0.05, 0) is 6.08 Å². The summed E-state index contributed by atoms with van der Waals surface area (Å²) in [7, 11) is -5.03. The first-order valence-electron chi connectivity index (χ1n) is 6.67. The van der Waals surface area contributed by atoms with Gasteiger partial charge in [-0.2, -0.15) is 9.35 Å². The van der Waals surface area contributed by atoms with Crippen LogP contribution in [0.5, 0.6) is 0 Å². The molecule has 2 amide bonds. The predicted octanol–water partition coefficient (Wildman–Crippen LogP) is -3.24. The van der Waals surface area contributed by atoms with Gasteiger partial charge in [-0.25, -0.2) is 22.9 Å². The van der Waals surface area contributed by atoms with Crippen LogP contribution in [0, 0.1) is 0 Å². The Morgan fingerprint density at radius 1 is 1.40 bits per heavy atom. The predicted molar refractivity (Wildman–Crippen MR) is 78.8 cm³/mol. The van der Waals surface area contributed by atoms with Crippen molar-refractivity contribution < 1.29 is 51.6 Å². The van der Waals surface area contributed by atoms with Crippen molar-refractivity contribution in [1.82, 2.24) is 29.9 Å². The molecule has 11 nitrogen and oxygen atoms in total. The van der Waals surface area contributed by atoms with Crippen LogP contribution in [-0.2, 0) is 14.7 Å². The fraction of sp³-hybridized carbons (Fsp3) is 0.273. The molecule has 0 aromatic carbocycles. The second kappa shape index (κ2) is 6.75.